The zero-order valence-electron chi connectivity index (χ0n) is 10.3. The molecule has 0 heterocycles. The van der Waals surface area contributed by atoms with Gasteiger partial charge in [-0.1, -0.05) is 6.92 Å². The summed E-state index contributed by atoms with van der Waals surface area (Å²) in [5.74, 6) is -0.0161. The van der Waals surface area contributed by atoms with Crippen molar-refractivity contribution in [3.8, 4) is 0 Å². The second-order valence-electron chi connectivity index (χ2n) is 3.93. The first kappa shape index (κ1) is 14.6. The first-order valence-electron chi connectivity index (χ1n) is 5.55. The van der Waals surface area contributed by atoms with Crippen molar-refractivity contribution in [2.45, 2.75) is 24.3 Å². The predicted octanol–water partition coefficient (Wildman–Crippen LogP) is 1.37. The summed E-state index contributed by atoms with van der Waals surface area (Å²) in [5.41, 5.74) is -0.116. The van der Waals surface area contributed by atoms with Crippen LogP contribution in [0.25, 0.3) is 0 Å². The lowest BCUT2D eigenvalue weighted by atomic mass is 10.3. The van der Waals surface area contributed by atoms with Crippen LogP contribution in [0.15, 0.2) is 29.2 Å². The van der Waals surface area contributed by atoms with Gasteiger partial charge in [0, 0.05) is 18.2 Å². The summed E-state index contributed by atoms with van der Waals surface area (Å²) in [7, 11) is -1.70. The third-order valence-corrected chi connectivity index (χ3v) is 4.56. The molecule has 1 N–H and O–H groups in total. The Morgan fingerprint density at radius 1 is 1.33 bits per heavy atom. The average molecular weight is 272 g/mol. The van der Waals surface area contributed by atoms with Crippen molar-refractivity contribution in [1.29, 1.82) is 0 Å². The molecule has 0 bridgehead atoms. The van der Waals surface area contributed by atoms with Crippen molar-refractivity contribution in [3.05, 3.63) is 34.4 Å². The van der Waals surface area contributed by atoms with Crippen LogP contribution in [0.4, 0.5) is 5.69 Å². The van der Waals surface area contributed by atoms with E-state index in [0.29, 0.717) is 6.42 Å². The van der Waals surface area contributed by atoms with Crippen LogP contribution < -0.4 is 5.32 Å². The number of rotatable bonds is 6. The summed E-state index contributed by atoms with van der Waals surface area (Å²) in [4.78, 5) is 10.0. The number of sulfone groups is 1. The Morgan fingerprint density at radius 3 is 2.28 bits per heavy atom. The van der Waals surface area contributed by atoms with E-state index in [-0.39, 0.29) is 22.4 Å². The molecule has 1 unspecified atom stereocenters. The highest BCUT2D eigenvalue weighted by molar-refractivity contribution is 7.91. The van der Waals surface area contributed by atoms with Crippen LogP contribution in [-0.4, -0.2) is 32.2 Å². The third kappa shape index (κ3) is 3.51. The molecule has 0 spiro atoms. The fraction of sp³-hybridized carbons (Fsp3) is 0.455. The molecular formula is C11H16N2O4S. The molecule has 1 rings (SSSR count). The van der Waals surface area contributed by atoms with Gasteiger partial charge in [-0.15, -0.1) is 0 Å². The van der Waals surface area contributed by atoms with E-state index in [1.807, 2.05) is 6.92 Å². The second kappa shape index (κ2) is 5.92. The molecule has 0 aliphatic heterocycles. The number of nitrogens with one attached hydrogen (secondary N) is 1. The normalized spacial score (nSPS) is 13.2. The molecule has 1 atom stereocenters. The van der Waals surface area contributed by atoms with E-state index in [2.05, 4.69) is 5.32 Å². The van der Waals surface area contributed by atoms with E-state index in [4.69, 9.17) is 0 Å². The zero-order chi connectivity index (χ0) is 13.8. The Morgan fingerprint density at radius 2 is 1.89 bits per heavy atom. The van der Waals surface area contributed by atoms with Gasteiger partial charge in [0.25, 0.3) is 5.69 Å². The number of nitro benzene ring substituents is 1. The van der Waals surface area contributed by atoms with Crippen LogP contribution in [0, 0.1) is 10.1 Å². The van der Waals surface area contributed by atoms with E-state index in [1.165, 1.54) is 24.3 Å². The van der Waals surface area contributed by atoms with Crippen LogP contribution in [0.5, 0.6) is 0 Å². The lowest BCUT2D eigenvalue weighted by Gasteiger charge is -2.13. The van der Waals surface area contributed by atoms with E-state index in [9.17, 15) is 18.5 Å². The minimum Gasteiger partial charge on any atom is -0.316 e. The van der Waals surface area contributed by atoms with Gasteiger partial charge >= 0.3 is 0 Å². The molecule has 0 aromatic heterocycles. The Labute approximate surface area is 106 Å². The van der Waals surface area contributed by atoms with E-state index < -0.39 is 14.8 Å². The molecule has 0 aliphatic rings. The number of hydrogen-bond acceptors (Lipinski definition) is 5. The standard InChI is InChI=1S/C11H16N2O4S/c1-3-9(12-2)8-18(16,17)11-6-4-10(5-7-11)13(14)15/h4-7,9,12H,3,8H2,1-2H3. The predicted molar refractivity (Wildman–Crippen MR) is 68.3 cm³/mol. The van der Waals surface area contributed by atoms with Crippen LogP contribution in [-0.2, 0) is 9.84 Å². The molecular weight excluding hydrogens is 256 g/mol. The Kier molecular flexibility index (Phi) is 4.80. The van der Waals surface area contributed by atoms with Crippen LogP contribution in [0.1, 0.15) is 13.3 Å². The number of nitro groups is 1. The molecule has 100 valence electrons. The fourth-order valence-corrected chi connectivity index (χ4v) is 3.22. The number of hydrogen-bond donors (Lipinski definition) is 1. The van der Waals surface area contributed by atoms with E-state index in [0.717, 1.165) is 0 Å². The Balaban J connectivity index is 2.95. The molecule has 0 aliphatic carbocycles. The van der Waals surface area contributed by atoms with Gasteiger partial charge in [-0.2, -0.15) is 0 Å². The molecule has 0 amide bonds. The number of nitrogens with zero attached hydrogens (tertiary/aromatic N) is 1. The maximum atomic E-state index is 12.0. The maximum Gasteiger partial charge on any atom is 0.269 e. The van der Waals surface area contributed by atoms with Gasteiger partial charge in [0.2, 0.25) is 0 Å². The monoisotopic (exact) mass is 272 g/mol. The summed E-state index contributed by atoms with van der Waals surface area (Å²) < 4.78 is 24.1. The van der Waals surface area contributed by atoms with Gasteiger partial charge in [-0.25, -0.2) is 8.42 Å². The maximum absolute atomic E-state index is 12.0. The van der Waals surface area contributed by atoms with Crippen molar-refractivity contribution in [1.82, 2.24) is 5.32 Å². The third-order valence-electron chi connectivity index (χ3n) is 2.73. The van der Waals surface area contributed by atoms with Crippen LogP contribution >= 0.6 is 0 Å². The smallest absolute Gasteiger partial charge is 0.269 e. The van der Waals surface area contributed by atoms with Crippen molar-refractivity contribution in [3.63, 3.8) is 0 Å². The van der Waals surface area contributed by atoms with Crippen molar-refractivity contribution < 1.29 is 13.3 Å². The molecule has 0 saturated heterocycles. The van der Waals surface area contributed by atoms with E-state index in [1.54, 1.807) is 7.05 Å². The zero-order valence-corrected chi connectivity index (χ0v) is 11.1. The average Bonchev–Trinajstić information content (AvgIpc) is 2.36. The van der Waals surface area contributed by atoms with Crippen molar-refractivity contribution in [2.24, 2.45) is 0 Å². The summed E-state index contributed by atoms with van der Waals surface area (Å²) in [6.07, 6.45) is 0.697. The molecule has 0 saturated carbocycles. The molecule has 18 heavy (non-hydrogen) atoms. The van der Waals surface area contributed by atoms with Gasteiger partial charge in [-0.05, 0) is 25.6 Å². The molecule has 1 aromatic carbocycles. The van der Waals surface area contributed by atoms with Crippen LogP contribution in [0.2, 0.25) is 0 Å². The van der Waals surface area contributed by atoms with Gasteiger partial charge in [0.05, 0.1) is 15.6 Å². The lowest BCUT2D eigenvalue weighted by molar-refractivity contribution is -0.384. The Bertz CT molecular complexity index is 506. The van der Waals surface area contributed by atoms with Gasteiger partial charge in [0.15, 0.2) is 9.84 Å². The van der Waals surface area contributed by atoms with Gasteiger partial charge in [-0.3, -0.25) is 10.1 Å². The molecule has 0 fully saturated rings. The first-order chi connectivity index (χ1) is 8.40. The highest BCUT2D eigenvalue weighted by Crippen LogP contribution is 2.17. The number of benzene rings is 1. The lowest BCUT2D eigenvalue weighted by Crippen LogP contribution is -2.32. The highest BCUT2D eigenvalue weighted by Gasteiger charge is 2.20. The van der Waals surface area contributed by atoms with Gasteiger partial charge in [0.1, 0.15) is 0 Å². The van der Waals surface area contributed by atoms with Crippen molar-refractivity contribution >= 4 is 15.5 Å². The Hall–Kier alpha value is -1.47. The fourth-order valence-electron chi connectivity index (χ4n) is 1.54. The minimum absolute atomic E-state index is 0.0161. The highest BCUT2D eigenvalue weighted by atomic mass is 32.2. The molecule has 6 nitrogen and oxygen atoms in total. The van der Waals surface area contributed by atoms with E-state index >= 15 is 0 Å². The quantitative estimate of drug-likeness (QED) is 0.624. The van der Waals surface area contributed by atoms with Gasteiger partial charge < -0.3 is 5.32 Å². The second-order valence-corrected chi connectivity index (χ2v) is 5.96. The molecule has 0 radical (unpaired) electrons. The first-order valence-corrected chi connectivity index (χ1v) is 7.20. The van der Waals surface area contributed by atoms with Crippen molar-refractivity contribution in [2.75, 3.05) is 12.8 Å². The summed E-state index contributed by atoms with van der Waals surface area (Å²) in [5, 5.41) is 13.4. The largest absolute Gasteiger partial charge is 0.316 e. The summed E-state index contributed by atoms with van der Waals surface area (Å²) >= 11 is 0. The molecule has 7 heteroatoms. The SMILES string of the molecule is CCC(CS(=O)(=O)c1ccc([N+](=O)[O-])cc1)NC. The summed E-state index contributed by atoms with van der Waals surface area (Å²) in [6, 6.07) is 4.83. The minimum atomic E-state index is -3.41. The van der Waals surface area contributed by atoms with Crippen LogP contribution in [0.3, 0.4) is 0 Å². The summed E-state index contributed by atoms with van der Waals surface area (Å²) in [6.45, 7) is 1.90. The molecule has 1 aromatic rings. The number of non-ortho nitro benzene ring substituents is 1. The topological polar surface area (TPSA) is 89.3 Å².